The van der Waals surface area contributed by atoms with E-state index < -0.39 is 0 Å². The molecule has 0 saturated carbocycles. The normalized spacial score (nSPS) is 10.7. The highest BCUT2D eigenvalue weighted by atomic mass is 79.9. The van der Waals surface area contributed by atoms with E-state index in [1.54, 1.807) is 12.1 Å². The number of hydrogen-bond acceptors (Lipinski definition) is 2. The Bertz CT molecular complexity index is 500. The van der Waals surface area contributed by atoms with Crippen molar-refractivity contribution in [2.45, 2.75) is 32.6 Å². The van der Waals surface area contributed by atoms with Gasteiger partial charge in [0.15, 0.2) is 0 Å². The maximum atomic E-state index is 6.35. The molecule has 0 heterocycles. The minimum absolute atomic E-state index is 0.182. The Morgan fingerprint density at radius 3 is 2.55 bits per heavy atom. The lowest BCUT2D eigenvalue weighted by atomic mass is 10.0. The van der Waals surface area contributed by atoms with Crippen LogP contribution in [0.5, 0.6) is 11.5 Å². The number of hydrogen-bond donors (Lipinski definition) is 0. The summed E-state index contributed by atoms with van der Waals surface area (Å²) in [6.07, 6.45) is 3.63. The Balaban J connectivity index is 2.86. The average molecular weight is 431 g/mol. The standard InChI is InChI=1S/C16H20BrCl3O2/c1-11(2)13-9-12(21-8-5-15(19)20)10-14(18)16(13)22-7-4-3-6-17/h5,9-11H,3-4,6-8H2,1-2H3. The Morgan fingerprint density at radius 2 is 1.95 bits per heavy atom. The molecule has 0 spiro atoms. The van der Waals surface area contributed by atoms with Gasteiger partial charge in [0, 0.05) is 17.0 Å². The molecule has 1 aromatic rings. The fourth-order valence-electron chi connectivity index (χ4n) is 1.82. The molecule has 0 saturated heterocycles. The third-order valence-electron chi connectivity index (χ3n) is 2.93. The topological polar surface area (TPSA) is 18.5 Å². The molecular weight excluding hydrogens is 410 g/mol. The van der Waals surface area contributed by atoms with E-state index in [4.69, 9.17) is 44.3 Å². The van der Waals surface area contributed by atoms with Crippen molar-refractivity contribution in [3.8, 4) is 11.5 Å². The summed E-state index contributed by atoms with van der Waals surface area (Å²) in [6, 6.07) is 3.70. The highest BCUT2D eigenvalue weighted by Crippen LogP contribution is 2.37. The second kappa shape index (κ2) is 10.6. The molecule has 0 radical (unpaired) electrons. The van der Waals surface area contributed by atoms with Gasteiger partial charge in [0.25, 0.3) is 0 Å². The quantitative estimate of drug-likeness (QED) is 0.320. The van der Waals surface area contributed by atoms with Crippen LogP contribution in [-0.4, -0.2) is 18.5 Å². The molecule has 2 nitrogen and oxygen atoms in total. The smallest absolute Gasteiger partial charge is 0.141 e. The predicted molar refractivity (Wildman–Crippen MR) is 99.3 cm³/mol. The van der Waals surface area contributed by atoms with Crippen molar-refractivity contribution >= 4 is 50.7 Å². The maximum absolute atomic E-state index is 6.35. The molecule has 0 aliphatic carbocycles. The first-order valence-corrected chi connectivity index (χ1v) is 9.37. The second-order valence-electron chi connectivity index (χ2n) is 5.03. The van der Waals surface area contributed by atoms with Crippen molar-refractivity contribution < 1.29 is 9.47 Å². The van der Waals surface area contributed by atoms with Gasteiger partial charge in [0.2, 0.25) is 0 Å². The molecule has 0 aliphatic rings. The van der Waals surface area contributed by atoms with Crippen LogP contribution < -0.4 is 9.47 Å². The first-order chi connectivity index (χ1) is 10.5. The lowest BCUT2D eigenvalue weighted by Gasteiger charge is -2.17. The van der Waals surface area contributed by atoms with E-state index in [0.717, 1.165) is 29.5 Å². The molecule has 6 heteroatoms. The number of halogens is 4. The van der Waals surface area contributed by atoms with Crippen LogP contribution in [0.3, 0.4) is 0 Å². The highest BCUT2D eigenvalue weighted by Gasteiger charge is 2.14. The Labute approximate surface area is 155 Å². The Hall–Kier alpha value is -0.0900. The van der Waals surface area contributed by atoms with Crippen LogP contribution in [0.1, 0.15) is 38.2 Å². The summed E-state index contributed by atoms with van der Waals surface area (Å²) in [5.41, 5.74) is 1.03. The van der Waals surface area contributed by atoms with Crippen LogP contribution in [0, 0.1) is 0 Å². The zero-order chi connectivity index (χ0) is 16.5. The molecule has 1 rings (SSSR count). The van der Waals surface area contributed by atoms with Crippen molar-refractivity contribution in [3.63, 3.8) is 0 Å². The summed E-state index contributed by atoms with van der Waals surface area (Å²) in [5, 5.41) is 1.53. The molecule has 124 valence electrons. The largest absolute Gasteiger partial charge is 0.492 e. The van der Waals surface area contributed by atoms with Crippen molar-refractivity contribution in [1.82, 2.24) is 0 Å². The summed E-state index contributed by atoms with van der Waals surface area (Å²) in [5.74, 6) is 1.69. The summed E-state index contributed by atoms with van der Waals surface area (Å²) >= 11 is 20.9. The van der Waals surface area contributed by atoms with E-state index in [9.17, 15) is 0 Å². The van der Waals surface area contributed by atoms with Crippen LogP contribution in [0.25, 0.3) is 0 Å². The van der Waals surface area contributed by atoms with Gasteiger partial charge in [-0.15, -0.1) is 0 Å². The number of benzene rings is 1. The first-order valence-electron chi connectivity index (χ1n) is 7.11. The summed E-state index contributed by atoms with van der Waals surface area (Å²) in [7, 11) is 0. The Kier molecular flexibility index (Phi) is 9.65. The minimum atomic E-state index is 0.182. The minimum Gasteiger partial charge on any atom is -0.492 e. The van der Waals surface area contributed by atoms with E-state index in [1.807, 2.05) is 6.07 Å². The average Bonchev–Trinajstić information content (AvgIpc) is 2.44. The molecule has 0 aliphatic heterocycles. The number of alkyl halides is 1. The number of rotatable bonds is 9. The summed E-state index contributed by atoms with van der Waals surface area (Å²) < 4.78 is 11.6. The molecule has 0 aromatic heterocycles. The number of ether oxygens (including phenoxy) is 2. The molecule has 0 N–H and O–H groups in total. The van der Waals surface area contributed by atoms with Gasteiger partial charge < -0.3 is 9.47 Å². The molecule has 22 heavy (non-hydrogen) atoms. The van der Waals surface area contributed by atoms with Crippen LogP contribution >= 0.6 is 50.7 Å². The lowest BCUT2D eigenvalue weighted by molar-refractivity contribution is 0.304. The van der Waals surface area contributed by atoms with Gasteiger partial charge in [0.1, 0.15) is 22.6 Å². The van der Waals surface area contributed by atoms with Crippen LogP contribution in [0.2, 0.25) is 5.02 Å². The predicted octanol–water partition coefficient (Wildman–Crippen LogP) is 6.72. The number of unbranched alkanes of at least 4 members (excludes halogenated alkanes) is 1. The molecule has 0 amide bonds. The van der Waals surface area contributed by atoms with E-state index in [1.165, 1.54) is 0 Å². The highest BCUT2D eigenvalue weighted by molar-refractivity contribution is 9.09. The van der Waals surface area contributed by atoms with Gasteiger partial charge in [-0.25, -0.2) is 0 Å². The maximum Gasteiger partial charge on any atom is 0.141 e. The molecule has 0 atom stereocenters. The third kappa shape index (κ3) is 6.99. The van der Waals surface area contributed by atoms with Crippen LogP contribution in [-0.2, 0) is 0 Å². The summed E-state index contributed by atoms with van der Waals surface area (Å²) in [4.78, 5) is 0. The van der Waals surface area contributed by atoms with Crippen molar-refractivity contribution in [1.29, 1.82) is 0 Å². The fraction of sp³-hybridized carbons (Fsp3) is 0.500. The molecule has 0 unspecified atom stereocenters. The van der Waals surface area contributed by atoms with E-state index in [-0.39, 0.29) is 10.4 Å². The van der Waals surface area contributed by atoms with Crippen LogP contribution in [0.15, 0.2) is 22.7 Å². The van der Waals surface area contributed by atoms with E-state index in [0.29, 0.717) is 24.0 Å². The molecule has 0 fully saturated rings. The lowest BCUT2D eigenvalue weighted by Crippen LogP contribution is -2.04. The van der Waals surface area contributed by atoms with Crippen molar-refractivity contribution in [2.24, 2.45) is 0 Å². The fourth-order valence-corrected chi connectivity index (χ4v) is 2.62. The van der Waals surface area contributed by atoms with Crippen molar-refractivity contribution in [3.05, 3.63) is 33.3 Å². The molecule has 0 bridgehead atoms. The van der Waals surface area contributed by atoms with E-state index >= 15 is 0 Å². The van der Waals surface area contributed by atoms with Gasteiger partial charge in [0.05, 0.1) is 11.6 Å². The van der Waals surface area contributed by atoms with Gasteiger partial charge in [-0.2, -0.15) is 0 Å². The van der Waals surface area contributed by atoms with Gasteiger partial charge in [-0.1, -0.05) is 64.6 Å². The van der Waals surface area contributed by atoms with E-state index in [2.05, 4.69) is 29.8 Å². The van der Waals surface area contributed by atoms with Gasteiger partial charge in [-0.3, -0.25) is 0 Å². The zero-order valence-electron chi connectivity index (χ0n) is 12.7. The second-order valence-corrected chi connectivity index (χ2v) is 7.24. The summed E-state index contributed by atoms with van der Waals surface area (Å²) in [6.45, 7) is 5.13. The monoisotopic (exact) mass is 428 g/mol. The molecular formula is C16H20BrCl3O2. The first kappa shape index (κ1) is 20.0. The van der Waals surface area contributed by atoms with Crippen LogP contribution in [0.4, 0.5) is 0 Å². The third-order valence-corrected chi connectivity index (χ3v) is 4.08. The van der Waals surface area contributed by atoms with Gasteiger partial charge in [-0.05, 0) is 30.9 Å². The van der Waals surface area contributed by atoms with Crippen molar-refractivity contribution in [2.75, 3.05) is 18.5 Å². The molecule has 1 aromatic carbocycles. The Morgan fingerprint density at radius 1 is 1.23 bits per heavy atom. The zero-order valence-corrected chi connectivity index (χ0v) is 16.5. The SMILES string of the molecule is CC(C)c1cc(OCC=C(Cl)Cl)cc(Cl)c1OCCCCBr. The van der Waals surface area contributed by atoms with Gasteiger partial charge >= 0.3 is 0 Å².